The van der Waals surface area contributed by atoms with Crippen molar-refractivity contribution in [1.82, 2.24) is 0 Å². The van der Waals surface area contributed by atoms with Gasteiger partial charge in [0.1, 0.15) is 0 Å². The molecule has 1 atom stereocenters. The third-order valence-corrected chi connectivity index (χ3v) is 4.60. The van der Waals surface area contributed by atoms with Crippen molar-refractivity contribution >= 4 is 30.8 Å². The molecule has 0 radical (unpaired) electrons. The Morgan fingerprint density at radius 2 is 1.69 bits per heavy atom. The summed E-state index contributed by atoms with van der Waals surface area (Å²) < 4.78 is 21.3. The Morgan fingerprint density at radius 1 is 1.25 bits per heavy atom. The number of hydrogen-bond acceptors (Lipinski definition) is 4. The van der Waals surface area contributed by atoms with Gasteiger partial charge in [-0.25, -0.2) is 0 Å². The molecule has 1 rings (SSSR count). The van der Waals surface area contributed by atoms with Crippen LogP contribution in [0, 0.1) is 0 Å². The van der Waals surface area contributed by atoms with Crippen LogP contribution in [-0.4, -0.2) is 19.3 Å². The van der Waals surface area contributed by atoms with E-state index in [1.165, 1.54) is 26.4 Å². The van der Waals surface area contributed by atoms with Crippen molar-refractivity contribution in [3.63, 3.8) is 0 Å². The largest absolute Gasteiger partial charge is 0.376 e. The number of benzene rings is 1. The molecule has 0 fully saturated rings. The van der Waals surface area contributed by atoms with Crippen LogP contribution in [0.15, 0.2) is 18.2 Å². The Balaban J connectivity index is 3.24. The van der Waals surface area contributed by atoms with Crippen LogP contribution in [0.5, 0.6) is 0 Å². The maximum absolute atomic E-state index is 11.9. The molecule has 0 bridgehead atoms. The van der Waals surface area contributed by atoms with Crippen LogP contribution in [0.25, 0.3) is 0 Å². The number of hydrogen-bond donors (Lipinski definition) is 1. The zero-order valence-corrected chi connectivity index (χ0v) is 11.1. The molecule has 1 aromatic rings. The van der Waals surface area contributed by atoms with E-state index in [9.17, 15) is 9.67 Å². The normalized spacial score (nSPS) is 13.8. The average Bonchev–Trinajstić information content (AvgIpc) is 2.27. The van der Waals surface area contributed by atoms with Gasteiger partial charge in [-0.1, -0.05) is 29.3 Å². The molecule has 0 aliphatic rings. The van der Waals surface area contributed by atoms with E-state index in [-0.39, 0.29) is 15.6 Å². The monoisotopic (exact) mass is 284 g/mol. The number of halogens is 2. The molecule has 16 heavy (non-hydrogen) atoms. The number of aliphatic hydroxyl groups is 1. The van der Waals surface area contributed by atoms with Crippen LogP contribution < -0.4 is 0 Å². The predicted octanol–water partition coefficient (Wildman–Crippen LogP) is 3.47. The van der Waals surface area contributed by atoms with Gasteiger partial charge in [-0.05, 0) is 12.1 Å². The van der Waals surface area contributed by atoms with E-state index in [1.807, 2.05) is 0 Å². The lowest BCUT2D eigenvalue weighted by Gasteiger charge is -2.21. The third-order valence-electron chi connectivity index (χ3n) is 2.07. The highest BCUT2D eigenvalue weighted by Gasteiger charge is 2.36. The first kappa shape index (κ1) is 14.0. The molecule has 1 aromatic carbocycles. The van der Waals surface area contributed by atoms with Gasteiger partial charge >= 0.3 is 7.60 Å². The second-order valence-electron chi connectivity index (χ2n) is 2.91. The van der Waals surface area contributed by atoms with Crippen molar-refractivity contribution < 1.29 is 18.7 Å². The summed E-state index contributed by atoms with van der Waals surface area (Å²) in [5.74, 6) is -1.51. The Bertz CT molecular complexity index is 396. The number of aliphatic hydroxyl groups excluding tert-OH is 1. The van der Waals surface area contributed by atoms with Gasteiger partial charge < -0.3 is 14.2 Å². The molecule has 0 aliphatic carbocycles. The molecule has 0 amide bonds. The fourth-order valence-corrected chi connectivity index (χ4v) is 3.09. The summed E-state index contributed by atoms with van der Waals surface area (Å²) >= 11 is 11.7. The Labute approximate surface area is 104 Å². The summed E-state index contributed by atoms with van der Waals surface area (Å²) in [6, 6.07) is 4.68. The van der Waals surface area contributed by atoms with Gasteiger partial charge in [0.2, 0.25) is 0 Å². The lowest BCUT2D eigenvalue weighted by Crippen LogP contribution is -2.04. The second kappa shape index (κ2) is 5.50. The first-order valence-corrected chi connectivity index (χ1v) is 6.66. The molecular weight excluding hydrogens is 274 g/mol. The van der Waals surface area contributed by atoms with Crippen molar-refractivity contribution in [2.24, 2.45) is 0 Å². The van der Waals surface area contributed by atoms with Crippen molar-refractivity contribution in [2.75, 3.05) is 14.2 Å². The van der Waals surface area contributed by atoms with Crippen molar-refractivity contribution in [2.45, 2.75) is 5.85 Å². The lowest BCUT2D eigenvalue weighted by atomic mass is 10.2. The molecular formula is C9H11Cl2O4P. The van der Waals surface area contributed by atoms with E-state index >= 15 is 0 Å². The smallest absolute Gasteiger partial charge is 0.363 e. The van der Waals surface area contributed by atoms with Gasteiger partial charge in [0.05, 0.1) is 0 Å². The fraction of sp³-hybridized carbons (Fsp3) is 0.333. The molecule has 0 spiro atoms. The molecule has 4 nitrogen and oxygen atoms in total. The summed E-state index contributed by atoms with van der Waals surface area (Å²) in [5, 5.41) is 10.3. The van der Waals surface area contributed by atoms with Gasteiger partial charge in [-0.2, -0.15) is 0 Å². The van der Waals surface area contributed by atoms with Crippen LogP contribution in [0.2, 0.25) is 10.0 Å². The highest BCUT2D eigenvalue weighted by molar-refractivity contribution is 7.54. The summed E-state index contributed by atoms with van der Waals surface area (Å²) in [6.45, 7) is 0. The van der Waals surface area contributed by atoms with Crippen LogP contribution in [0.1, 0.15) is 11.4 Å². The zero-order chi connectivity index (χ0) is 12.3. The maximum Gasteiger partial charge on any atom is 0.363 e. The topological polar surface area (TPSA) is 55.8 Å². The Kier molecular flexibility index (Phi) is 4.80. The lowest BCUT2D eigenvalue weighted by molar-refractivity contribution is 0.176. The molecule has 1 N–H and O–H groups in total. The highest BCUT2D eigenvalue weighted by Crippen LogP contribution is 2.60. The SMILES string of the molecule is COP(=O)(OC)C(O)c1c(Cl)cccc1Cl. The maximum atomic E-state index is 11.9. The summed E-state index contributed by atoms with van der Waals surface area (Å²) in [5.41, 5.74) is 0.137. The van der Waals surface area contributed by atoms with Crippen LogP contribution in [0.3, 0.4) is 0 Å². The fourth-order valence-electron chi connectivity index (χ4n) is 1.19. The second-order valence-corrected chi connectivity index (χ2v) is 6.03. The minimum absolute atomic E-state index is 0.137. The standard InChI is InChI=1S/C9H11Cl2O4P/c1-14-16(13,15-2)9(12)8-6(10)4-3-5-7(8)11/h3-5,9,12H,1-2H3. The van der Waals surface area contributed by atoms with E-state index in [2.05, 4.69) is 9.05 Å². The van der Waals surface area contributed by atoms with Crippen LogP contribution >= 0.6 is 30.8 Å². The van der Waals surface area contributed by atoms with Gasteiger partial charge in [0.25, 0.3) is 0 Å². The molecule has 1 unspecified atom stereocenters. The van der Waals surface area contributed by atoms with E-state index in [0.717, 1.165) is 0 Å². The molecule has 90 valence electrons. The van der Waals surface area contributed by atoms with E-state index < -0.39 is 13.4 Å². The molecule has 7 heteroatoms. The van der Waals surface area contributed by atoms with E-state index in [1.54, 1.807) is 6.07 Å². The van der Waals surface area contributed by atoms with Crippen LogP contribution in [0.4, 0.5) is 0 Å². The first-order chi connectivity index (χ1) is 7.46. The minimum Gasteiger partial charge on any atom is -0.376 e. The summed E-state index contributed by atoms with van der Waals surface area (Å²) in [7, 11) is -1.30. The van der Waals surface area contributed by atoms with E-state index in [4.69, 9.17) is 23.2 Å². The van der Waals surface area contributed by atoms with Gasteiger partial charge in [0, 0.05) is 29.8 Å². The third kappa shape index (κ3) is 2.59. The molecule has 0 saturated carbocycles. The minimum atomic E-state index is -3.66. The molecule has 0 saturated heterocycles. The van der Waals surface area contributed by atoms with Crippen molar-refractivity contribution in [3.8, 4) is 0 Å². The molecule has 0 aliphatic heterocycles. The molecule has 0 aromatic heterocycles. The Hall–Kier alpha value is -0.0900. The first-order valence-electron chi connectivity index (χ1n) is 4.29. The predicted molar refractivity (Wildman–Crippen MR) is 63.0 cm³/mol. The number of rotatable bonds is 4. The van der Waals surface area contributed by atoms with Gasteiger partial charge in [-0.15, -0.1) is 0 Å². The quantitative estimate of drug-likeness (QED) is 0.860. The van der Waals surface area contributed by atoms with Crippen LogP contribution in [-0.2, 0) is 13.6 Å². The van der Waals surface area contributed by atoms with E-state index in [0.29, 0.717) is 0 Å². The van der Waals surface area contributed by atoms with Gasteiger partial charge in [0.15, 0.2) is 5.85 Å². The Morgan fingerprint density at radius 3 is 2.06 bits per heavy atom. The van der Waals surface area contributed by atoms with Gasteiger partial charge in [-0.3, -0.25) is 4.57 Å². The summed E-state index contributed by atoms with van der Waals surface area (Å²) in [6.07, 6.45) is 0. The average molecular weight is 285 g/mol. The zero-order valence-electron chi connectivity index (χ0n) is 8.68. The van der Waals surface area contributed by atoms with Crippen molar-refractivity contribution in [3.05, 3.63) is 33.8 Å². The van der Waals surface area contributed by atoms with Crippen molar-refractivity contribution in [1.29, 1.82) is 0 Å². The highest BCUT2D eigenvalue weighted by atomic mass is 35.5. The molecule has 0 heterocycles. The summed E-state index contributed by atoms with van der Waals surface area (Å²) in [4.78, 5) is 0.